The number of rotatable bonds is 5. The second-order valence-electron chi connectivity index (χ2n) is 4.02. The Morgan fingerprint density at radius 2 is 2.25 bits per heavy atom. The van der Waals surface area contributed by atoms with Crippen LogP contribution in [0.1, 0.15) is 30.4 Å². The zero-order valence-corrected chi connectivity index (χ0v) is 11.8. The summed E-state index contributed by atoms with van der Waals surface area (Å²) in [6, 6.07) is 1.73. The summed E-state index contributed by atoms with van der Waals surface area (Å²) in [6.07, 6.45) is 1.85. The number of aromatic carboxylic acids is 1. The van der Waals surface area contributed by atoms with E-state index < -0.39 is 5.97 Å². The van der Waals surface area contributed by atoms with E-state index >= 15 is 0 Å². The minimum absolute atomic E-state index is 0.0552. The zero-order chi connectivity index (χ0) is 12.3. The topological polar surface area (TPSA) is 51.5 Å². The first kappa shape index (κ1) is 13.5. The summed E-state index contributed by atoms with van der Waals surface area (Å²) in [5.74, 6) is -0.578. The van der Waals surface area contributed by atoms with Gasteiger partial charge in [-0.15, -0.1) is 0 Å². The molecule has 1 heterocycles. The van der Waals surface area contributed by atoms with Gasteiger partial charge in [0.1, 0.15) is 5.69 Å². The summed E-state index contributed by atoms with van der Waals surface area (Å²) in [5.41, 5.74) is 0.320. The van der Waals surface area contributed by atoms with E-state index in [0.29, 0.717) is 18.2 Å². The Balaban J connectivity index is 3.12. The van der Waals surface area contributed by atoms with Crippen molar-refractivity contribution in [3.8, 4) is 0 Å². The number of halogens is 1. The fourth-order valence-electron chi connectivity index (χ4n) is 1.66. The lowest BCUT2D eigenvalue weighted by Crippen LogP contribution is -2.23. The molecular weight excluding hydrogens is 321 g/mol. The molecule has 4 nitrogen and oxygen atoms in total. The molecule has 0 saturated heterocycles. The summed E-state index contributed by atoms with van der Waals surface area (Å²) < 4.78 is 7.86. The summed E-state index contributed by atoms with van der Waals surface area (Å²) in [7, 11) is 1.63. The largest absolute Gasteiger partial charge is 0.477 e. The molecule has 16 heavy (non-hydrogen) atoms. The van der Waals surface area contributed by atoms with Crippen LogP contribution in [-0.2, 0) is 4.74 Å². The molecule has 90 valence electrons. The number of hydrogen-bond donors (Lipinski definition) is 1. The Bertz CT molecular complexity index is 373. The highest BCUT2D eigenvalue weighted by atomic mass is 127. The van der Waals surface area contributed by atoms with E-state index in [-0.39, 0.29) is 6.04 Å². The maximum Gasteiger partial charge on any atom is 0.352 e. The van der Waals surface area contributed by atoms with Gasteiger partial charge in [-0.05, 0) is 34.6 Å². The standard InChI is InChI=1S/C11H16INO3/c1-7(2)10(6-16-3)13-5-8(12)4-9(13)11(14)15/h4-5,7,10H,6H2,1-3H3,(H,14,15). The third-order valence-electron chi connectivity index (χ3n) is 2.50. The summed E-state index contributed by atoms with van der Waals surface area (Å²) in [6.45, 7) is 4.63. The number of aromatic nitrogens is 1. The molecule has 0 aliphatic rings. The molecule has 1 aromatic heterocycles. The highest BCUT2D eigenvalue weighted by Crippen LogP contribution is 2.23. The van der Waals surface area contributed by atoms with Crippen molar-refractivity contribution in [2.24, 2.45) is 5.92 Å². The molecule has 0 aromatic carbocycles. The zero-order valence-electron chi connectivity index (χ0n) is 9.61. The minimum Gasteiger partial charge on any atom is -0.477 e. The van der Waals surface area contributed by atoms with Crippen LogP contribution in [0, 0.1) is 9.49 Å². The molecule has 0 bridgehead atoms. The van der Waals surface area contributed by atoms with Gasteiger partial charge in [0.25, 0.3) is 0 Å². The van der Waals surface area contributed by atoms with Crippen LogP contribution < -0.4 is 0 Å². The Labute approximate surface area is 109 Å². The second kappa shape index (κ2) is 5.67. The van der Waals surface area contributed by atoms with Crippen LogP contribution in [-0.4, -0.2) is 29.4 Å². The maximum atomic E-state index is 11.1. The molecule has 1 atom stereocenters. The van der Waals surface area contributed by atoms with Gasteiger partial charge in [-0.2, -0.15) is 0 Å². The monoisotopic (exact) mass is 337 g/mol. The van der Waals surface area contributed by atoms with E-state index in [1.54, 1.807) is 17.7 Å². The van der Waals surface area contributed by atoms with E-state index in [4.69, 9.17) is 9.84 Å². The van der Waals surface area contributed by atoms with Crippen molar-refractivity contribution in [3.05, 3.63) is 21.5 Å². The summed E-state index contributed by atoms with van der Waals surface area (Å²) in [4.78, 5) is 11.1. The molecule has 0 aliphatic carbocycles. The number of ether oxygens (including phenoxy) is 1. The van der Waals surface area contributed by atoms with Crippen LogP contribution in [0.4, 0.5) is 0 Å². The Hall–Kier alpha value is -0.560. The highest BCUT2D eigenvalue weighted by molar-refractivity contribution is 14.1. The number of carboxylic acids is 1. The molecule has 0 amide bonds. The van der Waals surface area contributed by atoms with Crippen molar-refractivity contribution in [1.29, 1.82) is 0 Å². The minimum atomic E-state index is -0.898. The van der Waals surface area contributed by atoms with E-state index in [9.17, 15) is 4.79 Å². The van der Waals surface area contributed by atoms with Gasteiger partial charge < -0.3 is 14.4 Å². The number of nitrogens with zero attached hydrogens (tertiary/aromatic N) is 1. The third-order valence-corrected chi connectivity index (χ3v) is 3.09. The summed E-state index contributed by atoms with van der Waals surface area (Å²) >= 11 is 2.12. The number of carbonyl (C=O) groups is 1. The molecule has 1 unspecified atom stereocenters. The number of carboxylic acid groups (broad SMARTS) is 1. The molecule has 1 N–H and O–H groups in total. The van der Waals surface area contributed by atoms with Crippen molar-refractivity contribution in [1.82, 2.24) is 4.57 Å². The van der Waals surface area contributed by atoms with Crippen LogP contribution in [0.15, 0.2) is 12.3 Å². The molecule has 5 heteroatoms. The fourth-order valence-corrected chi connectivity index (χ4v) is 2.25. The first-order valence-electron chi connectivity index (χ1n) is 5.07. The summed E-state index contributed by atoms with van der Waals surface area (Å²) in [5, 5.41) is 9.11. The third kappa shape index (κ3) is 2.98. The van der Waals surface area contributed by atoms with Gasteiger partial charge in [0.15, 0.2) is 0 Å². The van der Waals surface area contributed by atoms with Crippen LogP contribution >= 0.6 is 22.6 Å². The number of hydrogen-bond acceptors (Lipinski definition) is 2. The van der Waals surface area contributed by atoms with Gasteiger partial charge in [0.2, 0.25) is 0 Å². The van der Waals surface area contributed by atoms with Gasteiger partial charge in [0, 0.05) is 16.9 Å². The van der Waals surface area contributed by atoms with Gasteiger partial charge in [0.05, 0.1) is 12.6 Å². The predicted molar refractivity (Wildman–Crippen MR) is 69.9 cm³/mol. The molecule has 0 fully saturated rings. The lowest BCUT2D eigenvalue weighted by atomic mass is 10.1. The number of methoxy groups -OCH3 is 1. The average Bonchev–Trinajstić information content (AvgIpc) is 2.56. The molecular formula is C11H16INO3. The molecule has 0 aliphatic heterocycles. The Morgan fingerprint density at radius 1 is 1.62 bits per heavy atom. The van der Waals surface area contributed by atoms with Gasteiger partial charge in [-0.3, -0.25) is 0 Å². The predicted octanol–water partition coefficient (Wildman–Crippen LogP) is 2.63. The second-order valence-corrected chi connectivity index (χ2v) is 5.27. The van der Waals surface area contributed by atoms with Crippen molar-refractivity contribution in [2.75, 3.05) is 13.7 Å². The van der Waals surface area contributed by atoms with E-state index in [1.807, 2.05) is 6.20 Å². The van der Waals surface area contributed by atoms with Crippen molar-refractivity contribution in [2.45, 2.75) is 19.9 Å². The first-order valence-corrected chi connectivity index (χ1v) is 6.14. The molecule has 0 saturated carbocycles. The van der Waals surface area contributed by atoms with E-state index in [1.165, 1.54) is 0 Å². The lowest BCUT2D eigenvalue weighted by molar-refractivity contribution is 0.0671. The van der Waals surface area contributed by atoms with Gasteiger partial charge in [-0.25, -0.2) is 4.79 Å². The quantitative estimate of drug-likeness (QED) is 0.841. The van der Waals surface area contributed by atoms with Crippen LogP contribution in [0.3, 0.4) is 0 Å². The molecule has 0 spiro atoms. The first-order chi connectivity index (χ1) is 7.47. The van der Waals surface area contributed by atoms with Crippen LogP contribution in [0.5, 0.6) is 0 Å². The lowest BCUT2D eigenvalue weighted by Gasteiger charge is -2.23. The fraction of sp³-hybridized carbons (Fsp3) is 0.545. The van der Waals surface area contributed by atoms with Crippen molar-refractivity contribution in [3.63, 3.8) is 0 Å². The van der Waals surface area contributed by atoms with E-state index in [0.717, 1.165) is 3.57 Å². The maximum absolute atomic E-state index is 11.1. The van der Waals surface area contributed by atoms with Gasteiger partial charge >= 0.3 is 5.97 Å². The molecule has 1 aromatic rings. The molecule has 0 radical (unpaired) electrons. The van der Waals surface area contributed by atoms with Crippen molar-refractivity contribution >= 4 is 28.6 Å². The Kier molecular flexibility index (Phi) is 4.79. The SMILES string of the molecule is COCC(C(C)C)n1cc(I)cc1C(=O)O. The highest BCUT2D eigenvalue weighted by Gasteiger charge is 2.21. The normalized spacial score (nSPS) is 13.1. The van der Waals surface area contributed by atoms with Crippen LogP contribution in [0.2, 0.25) is 0 Å². The smallest absolute Gasteiger partial charge is 0.352 e. The molecule has 1 rings (SSSR count). The van der Waals surface area contributed by atoms with Crippen molar-refractivity contribution < 1.29 is 14.6 Å². The van der Waals surface area contributed by atoms with Gasteiger partial charge in [-0.1, -0.05) is 13.8 Å². The van der Waals surface area contributed by atoms with E-state index in [2.05, 4.69) is 36.4 Å². The Morgan fingerprint density at radius 3 is 2.69 bits per heavy atom. The van der Waals surface area contributed by atoms with Crippen LogP contribution in [0.25, 0.3) is 0 Å². The average molecular weight is 337 g/mol.